The highest BCUT2D eigenvalue weighted by molar-refractivity contribution is 9.10. The maximum absolute atomic E-state index is 4.56. The Balaban J connectivity index is 1.92. The van der Waals surface area contributed by atoms with Gasteiger partial charge in [-0.15, -0.1) is 10.2 Å². The van der Waals surface area contributed by atoms with Gasteiger partial charge in [-0.3, -0.25) is 0 Å². The van der Waals surface area contributed by atoms with Crippen molar-refractivity contribution in [3.05, 3.63) is 27.4 Å². The fourth-order valence-electron chi connectivity index (χ4n) is 2.29. The monoisotopic (exact) mass is 363 g/mol. The number of nitrogens with zero attached hydrogens (tertiary/aromatic N) is 6. The van der Waals surface area contributed by atoms with Crippen molar-refractivity contribution in [2.45, 2.75) is 13.5 Å². The Hall–Kier alpha value is -1.87. The SMILES string of the molecule is Cc1nnc(/N=c2/ncc3cc(Br)c4n(c-3n2)CCN4)s1. The largest absolute Gasteiger partial charge is 0.369 e. The molecular weight excluding hydrogens is 354 g/mol. The van der Waals surface area contributed by atoms with Crippen molar-refractivity contribution in [3.8, 4) is 11.4 Å². The van der Waals surface area contributed by atoms with Crippen LogP contribution in [0.25, 0.3) is 11.4 Å². The van der Waals surface area contributed by atoms with Gasteiger partial charge in [-0.05, 0) is 28.9 Å². The second-order valence-electron chi connectivity index (χ2n) is 4.58. The highest BCUT2D eigenvalue weighted by Crippen LogP contribution is 2.33. The number of nitrogens with one attached hydrogen (secondary N) is 1. The summed E-state index contributed by atoms with van der Waals surface area (Å²) in [5.74, 6) is 1.91. The van der Waals surface area contributed by atoms with Crippen molar-refractivity contribution in [3.63, 3.8) is 0 Å². The standard InChI is InChI=1S/C12H10BrN7S/c1-6-18-19-12(21-6)17-11-15-5-7-4-8(13)10-14-2-3-20(10)9(7)16-11/h4-5,14H,2-3H2,1H3/b17-11-. The lowest BCUT2D eigenvalue weighted by atomic mass is 10.2. The predicted molar refractivity (Wildman–Crippen MR) is 82.7 cm³/mol. The Morgan fingerprint density at radius 2 is 2.33 bits per heavy atom. The van der Waals surface area contributed by atoms with Crippen LogP contribution >= 0.6 is 27.3 Å². The van der Waals surface area contributed by atoms with Crippen molar-refractivity contribution in [2.24, 2.45) is 4.99 Å². The summed E-state index contributed by atoms with van der Waals surface area (Å²) < 4.78 is 3.14. The Labute approximate surface area is 132 Å². The molecule has 21 heavy (non-hydrogen) atoms. The van der Waals surface area contributed by atoms with Crippen LogP contribution in [0.3, 0.4) is 0 Å². The molecule has 4 heterocycles. The van der Waals surface area contributed by atoms with Crippen molar-refractivity contribution in [2.75, 3.05) is 11.9 Å². The lowest BCUT2D eigenvalue weighted by Crippen LogP contribution is -2.17. The Kier molecular flexibility index (Phi) is 2.96. The predicted octanol–water partition coefficient (Wildman–Crippen LogP) is 1.96. The maximum atomic E-state index is 4.56. The van der Waals surface area contributed by atoms with Gasteiger partial charge in [0, 0.05) is 24.8 Å². The third-order valence-electron chi connectivity index (χ3n) is 3.16. The zero-order chi connectivity index (χ0) is 14.4. The van der Waals surface area contributed by atoms with E-state index in [1.807, 2.05) is 13.0 Å². The van der Waals surface area contributed by atoms with E-state index in [0.29, 0.717) is 10.7 Å². The zero-order valence-corrected chi connectivity index (χ0v) is 13.4. The molecule has 3 aliphatic heterocycles. The molecule has 106 valence electrons. The zero-order valence-electron chi connectivity index (χ0n) is 11.0. The Bertz CT molecular complexity index is 868. The maximum Gasteiger partial charge on any atom is 0.254 e. The van der Waals surface area contributed by atoms with E-state index in [1.165, 1.54) is 11.3 Å². The van der Waals surface area contributed by atoms with Crippen LogP contribution in [0.4, 0.5) is 10.9 Å². The van der Waals surface area contributed by atoms with E-state index in [9.17, 15) is 0 Å². The lowest BCUT2D eigenvalue weighted by molar-refractivity contribution is 0.777. The molecule has 0 amide bonds. The van der Waals surface area contributed by atoms with E-state index in [2.05, 4.69) is 51.0 Å². The molecule has 7 nitrogen and oxygen atoms in total. The number of aryl methyl sites for hydroxylation is 1. The number of rotatable bonds is 1. The van der Waals surface area contributed by atoms with E-state index in [0.717, 1.165) is 39.8 Å². The number of hydrogen-bond donors (Lipinski definition) is 1. The number of anilines is 1. The summed E-state index contributed by atoms with van der Waals surface area (Å²) >= 11 is 4.98. The van der Waals surface area contributed by atoms with Crippen LogP contribution in [-0.2, 0) is 6.54 Å². The number of hydrogen-bond acceptors (Lipinski definition) is 7. The first kappa shape index (κ1) is 12.8. The molecule has 0 atom stereocenters. The van der Waals surface area contributed by atoms with Gasteiger partial charge in [0.25, 0.3) is 5.62 Å². The van der Waals surface area contributed by atoms with Gasteiger partial charge < -0.3 is 9.88 Å². The summed E-state index contributed by atoms with van der Waals surface area (Å²) in [6, 6.07) is 2.01. The lowest BCUT2D eigenvalue weighted by Gasteiger charge is -2.13. The average molecular weight is 364 g/mol. The minimum Gasteiger partial charge on any atom is -0.369 e. The molecule has 0 fully saturated rings. The number of halogens is 1. The van der Waals surface area contributed by atoms with Gasteiger partial charge >= 0.3 is 0 Å². The molecule has 0 aromatic carbocycles. The van der Waals surface area contributed by atoms with Crippen molar-refractivity contribution in [1.82, 2.24) is 24.7 Å². The smallest absolute Gasteiger partial charge is 0.254 e. The second kappa shape index (κ2) is 4.85. The third-order valence-corrected chi connectivity index (χ3v) is 4.49. The molecular formula is C12H10BrN7S. The minimum atomic E-state index is 0.405. The summed E-state index contributed by atoms with van der Waals surface area (Å²) in [6.07, 6.45) is 1.78. The number of fused-ring (bicyclic) bond motifs is 3. The summed E-state index contributed by atoms with van der Waals surface area (Å²) in [6.45, 7) is 3.66. The summed E-state index contributed by atoms with van der Waals surface area (Å²) in [5.41, 5.74) is 1.38. The van der Waals surface area contributed by atoms with Crippen LogP contribution in [0.5, 0.6) is 0 Å². The average Bonchev–Trinajstić information content (AvgIpc) is 3.09. The first-order valence-electron chi connectivity index (χ1n) is 6.35. The van der Waals surface area contributed by atoms with Crippen molar-refractivity contribution >= 4 is 38.2 Å². The van der Waals surface area contributed by atoms with E-state index < -0.39 is 0 Å². The van der Waals surface area contributed by atoms with Crippen LogP contribution in [-0.4, -0.2) is 31.3 Å². The molecule has 0 saturated heterocycles. The Morgan fingerprint density at radius 1 is 1.43 bits per heavy atom. The first-order chi connectivity index (χ1) is 10.2. The van der Waals surface area contributed by atoms with E-state index in [4.69, 9.17) is 0 Å². The van der Waals surface area contributed by atoms with Crippen molar-refractivity contribution < 1.29 is 0 Å². The van der Waals surface area contributed by atoms with Crippen LogP contribution < -0.4 is 10.9 Å². The van der Waals surface area contributed by atoms with E-state index >= 15 is 0 Å². The molecule has 3 aliphatic rings. The minimum absolute atomic E-state index is 0.405. The quantitative estimate of drug-likeness (QED) is 0.714. The van der Waals surface area contributed by atoms with Crippen LogP contribution in [0.2, 0.25) is 0 Å². The first-order valence-corrected chi connectivity index (χ1v) is 7.96. The van der Waals surface area contributed by atoms with Gasteiger partial charge in [-0.2, -0.15) is 9.98 Å². The normalized spacial score (nSPS) is 14.5. The number of pyridine rings is 1. The van der Waals surface area contributed by atoms with Crippen molar-refractivity contribution in [1.29, 1.82) is 0 Å². The summed E-state index contributed by atoms with van der Waals surface area (Å²) in [4.78, 5) is 13.2. The highest BCUT2D eigenvalue weighted by atomic mass is 79.9. The van der Waals surface area contributed by atoms with Crippen LogP contribution in [0.15, 0.2) is 21.7 Å². The molecule has 1 aromatic heterocycles. The fraction of sp³-hybridized carbons (Fsp3) is 0.250. The fourth-order valence-corrected chi connectivity index (χ4v) is 3.44. The van der Waals surface area contributed by atoms with E-state index in [-0.39, 0.29) is 0 Å². The molecule has 1 N–H and O–H groups in total. The topological polar surface area (TPSA) is 80.9 Å². The van der Waals surface area contributed by atoms with Crippen LogP contribution in [0.1, 0.15) is 5.01 Å². The molecule has 0 radical (unpaired) electrons. The van der Waals surface area contributed by atoms with Gasteiger partial charge in [-0.25, -0.2) is 4.98 Å². The van der Waals surface area contributed by atoms with Crippen LogP contribution in [0, 0.1) is 6.92 Å². The van der Waals surface area contributed by atoms with E-state index in [1.54, 1.807) is 6.20 Å². The molecule has 1 aromatic rings. The molecule has 0 bridgehead atoms. The summed E-state index contributed by atoms with van der Waals surface area (Å²) in [5, 5.41) is 12.7. The molecule has 0 saturated carbocycles. The number of aromatic nitrogens is 5. The van der Waals surface area contributed by atoms with Gasteiger partial charge in [0.2, 0.25) is 5.13 Å². The third kappa shape index (κ3) is 2.22. The summed E-state index contributed by atoms with van der Waals surface area (Å²) in [7, 11) is 0. The van der Waals surface area contributed by atoms with Gasteiger partial charge in [-0.1, -0.05) is 11.3 Å². The Morgan fingerprint density at radius 3 is 3.14 bits per heavy atom. The van der Waals surface area contributed by atoms with Gasteiger partial charge in [0.05, 0.1) is 4.47 Å². The second-order valence-corrected chi connectivity index (χ2v) is 6.60. The molecule has 0 unspecified atom stereocenters. The highest BCUT2D eigenvalue weighted by Gasteiger charge is 2.19. The molecule has 4 rings (SSSR count). The molecule has 9 heteroatoms. The molecule has 0 spiro atoms. The van der Waals surface area contributed by atoms with Gasteiger partial charge in [0.15, 0.2) is 0 Å². The van der Waals surface area contributed by atoms with Gasteiger partial charge in [0.1, 0.15) is 16.6 Å². The molecule has 0 aliphatic carbocycles.